The summed E-state index contributed by atoms with van der Waals surface area (Å²) in [5, 5.41) is 14.9. The van der Waals surface area contributed by atoms with Gasteiger partial charge in [-0.1, -0.05) is 43.7 Å². The first-order valence-corrected chi connectivity index (χ1v) is 9.88. The molecule has 1 aliphatic carbocycles. The number of hydrogen-bond donors (Lipinski definition) is 2. The number of carbonyl (C=O) groups excluding carboxylic acids is 2. The fourth-order valence-corrected chi connectivity index (χ4v) is 3.55. The molecule has 0 bridgehead atoms. The van der Waals surface area contributed by atoms with Crippen LogP contribution < -0.4 is 15.4 Å². The number of nitrogens with zero attached hydrogens (tertiary/aromatic N) is 2. The van der Waals surface area contributed by atoms with E-state index in [1.165, 1.54) is 11.3 Å². The summed E-state index contributed by atoms with van der Waals surface area (Å²) in [6.45, 7) is 3.82. The first kappa shape index (κ1) is 19.3. The van der Waals surface area contributed by atoms with Crippen molar-refractivity contribution in [3.8, 4) is 16.3 Å². The van der Waals surface area contributed by atoms with Crippen LogP contribution >= 0.6 is 11.3 Å². The molecule has 1 heterocycles. The fraction of sp³-hybridized carbons (Fsp3) is 0.474. The molecule has 1 aromatic heterocycles. The topological polar surface area (TPSA) is 93.2 Å². The molecule has 7 nitrogen and oxygen atoms in total. The van der Waals surface area contributed by atoms with Crippen molar-refractivity contribution in [3.63, 3.8) is 0 Å². The highest BCUT2D eigenvalue weighted by atomic mass is 32.1. The maximum atomic E-state index is 12.7. The van der Waals surface area contributed by atoms with Crippen molar-refractivity contribution in [1.29, 1.82) is 0 Å². The predicted octanol–water partition coefficient (Wildman–Crippen LogP) is 3.09. The van der Waals surface area contributed by atoms with E-state index in [-0.39, 0.29) is 23.7 Å². The summed E-state index contributed by atoms with van der Waals surface area (Å²) in [7, 11) is 1.61. The van der Waals surface area contributed by atoms with E-state index in [0.717, 1.165) is 30.6 Å². The zero-order valence-electron chi connectivity index (χ0n) is 15.7. The van der Waals surface area contributed by atoms with Crippen LogP contribution in [0, 0.1) is 11.8 Å². The van der Waals surface area contributed by atoms with Crippen molar-refractivity contribution in [2.24, 2.45) is 11.8 Å². The van der Waals surface area contributed by atoms with Crippen molar-refractivity contribution in [3.05, 3.63) is 24.3 Å². The highest BCUT2D eigenvalue weighted by Gasteiger charge is 2.31. The first-order chi connectivity index (χ1) is 13.0. The van der Waals surface area contributed by atoms with Crippen LogP contribution in [0.15, 0.2) is 24.3 Å². The molecule has 2 N–H and O–H groups in total. The molecule has 0 radical (unpaired) electrons. The number of hydrogen-bond acceptors (Lipinski definition) is 6. The van der Waals surface area contributed by atoms with Gasteiger partial charge in [0, 0.05) is 11.5 Å². The van der Waals surface area contributed by atoms with Crippen molar-refractivity contribution >= 4 is 28.3 Å². The number of rotatable bonds is 7. The predicted molar refractivity (Wildman–Crippen MR) is 105 cm³/mol. The van der Waals surface area contributed by atoms with Gasteiger partial charge in [0.05, 0.1) is 7.11 Å². The molecule has 2 amide bonds. The number of anilines is 1. The number of amides is 2. The van der Waals surface area contributed by atoms with E-state index >= 15 is 0 Å². The Bertz CT molecular complexity index is 817. The molecule has 2 aromatic rings. The quantitative estimate of drug-likeness (QED) is 0.760. The van der Waals surface area contributed by atoms with Crippen molar-refractivity contribution in [2.75, 3.05) is 12.4 Å². The second-order valence-electron chi connectivity index (χ2n) is 6.99. The van der Waals surface area contributed by atoms with Crippen molar-refractivity contribution in [2.45, 2.75) is 39.2 Å². The number of aromatic nitrogens is 2. The molecule has 8 heteroatoms. The Balaban J connectivity index is 1.67. The molecule has 0 saturated heterocycles. The fourth-order valence-electron chi connectivity index (χ4n) is 2.81. The second-order valence-corrected chi connectivity index (χ2v) is 7.97. The van der Waals surface area contributed by atoms with Gasteiger partial charge in [0.15, 0.2) is 0 Å². The summed E-state index contributed by atoms with van der Waals surface area (Å²) >= 11 is 1.28. The largest absolute Gasteiger partial charge is 0.497 e. The molecule has 1 atom stereocenters. The van der Waals surface area contributed by atoms with Crippen LogP contribution in [-0.4, -0.2) is 35.2 Å². The van der Waals surface area contributed by atoms with Crippen LogP contribution in [0.5, 0.6) is 5.75 Å². The summed E-state index contributed by atoms with van der Waals surface area (Å²) in [6, 6.07) is 6.90. The van der Waals surface area contributed by atoms with E-state index in [1.807, 2.05) is 38.1 Å². The summed E-state index contributed by atoms with van der Waals surface area (Å²) in [5.74, 6) is 0.433. The minimum atomic E-state index is -0.595. The van der Waals surface area contributed by atoms with Gasteiger partial charge in [-0.05, 0) is 30.9 Å². The molecule has 1 saturated carbocycles. The molecule has 0 aliphatic heterocycles. The number of ether oxygens (including phenoxy) is 1. The monoisotopic (exact) mass is 388 g/mol. The van der Waals surface area contributed by atoms with Gasteiger partial charge >= 0.3 is 0 Å². The molecule has 144 valence electrons. The molecular formula is C19H24N4O3S. The maximum Gasteiger partial charge on any atom is 0.249 e. The van der Waals surface area contributed by atoms with Gasteiger partial charge in [0.25, 0.3) is 0 Å². The number of methoxy groups -OCH3 is 1. The van der Waals surface area contributed by atoms with Crippen LogP contribution in [-0.2, 0) is 9.59 Å². The zero-order valence-corrected chi connectivity index (χ0v) is 16.5. The lowest BCUT2D eigenvalue weighted by molar-refractivity contribution is -0.131. The molecule has 3 rings (SSSR count). The molecule has 0 spiro atoms. The average Bonchev–Trinajstić information content (AvgIpc) is 3.06. The lowest BCUT2D eigenvalue weighted by Gasteiger charge is -2.28. The van der Waals surface area contributed by atoms with Crippen LogP contribution in [0.1, 0.15) is 33.1 Å². The third kappa shape index (κ3) is 4.63. The highest BCUT2D eigenvalue weighted by molar-refractivity contribution is 7.18. The molecule has 1 fully saturated rings. The lowest BCUT2D eigenvalue weighted by Crippen LogP contribution is -2.49. The summed E-state index contributed by atoms with van der Waals surface area (Å²) in [6.07, 6.45) is 2.88. The molecule has 1 unspecified atom stereocenters. The number of nitrogens with one attached hydrogen (secondary N) is 2. The second kappa shape index (κ2) is 8.47. The Kier molecular flexibility index (Phi) is 6.05. The first-order valence-electron chi connectivity index (χ1n) is 9.07. The van der Waals surface area contributed by atoms with Crippen LogP contribution in [0.2, 0.25) is 0 Å². The van der Waals surface area contributed by atoms with Gasteiger partial charge in [0.1, 0.15) is 16.8 Å². The average molecular weight is 388 g/mol. The minimum absolute atomic E-state index is 0.0280. The van der Waals surface area contributed by atoms with E-state index < -0.39 is 6.04 Å². The Morgan fingerprint density at radius 1 is 1.26 bits per heavy atom. The van der Waals surface area contributed by atoms with Gasteiger partial charge in [0.2, 0.25) is 16.9 Å². The van der Waals surface area contributed by atoms with Gasteiger partial charge in [-0.3, -0.25) is 14.9 Å². The Labute approximate surface area is 162 Å². The Morgan fingerprint density at radius 2 is 2.04 bits per heavy atom. The number of carbonyl (C=O) groups is 2. The standard InChI is InChI=1S/C19H24N4O3S/c1-11(2)15(20-16(24)12-6-4-7-12)17(25)21-19-23-22-18(27-19)13-8-5-9-14(10-13)26-3/h5,8-12,15H,4,6-7H2,1-3H3,(H,20,24)(H,21,23,25). The van der Waals surface area contributed by atoms with Crippen LogP contribution in [0.3, 0.4) is 0 Å². The van der Waals surface area contributed by atoms with E-state index in [9.17, 15) is 9.59 Å². The zero-order chi connectivity index (χ0) is 19.4. The van der Waals surface area contributed by atoms with E-state index in [1.54, 1.807) is 7.11 Å². The third-order valence-electron chi connectivity index (χ3n) is 4.69. The number of benzene rings is 1. The van der Waals surface area contributed by atoms with Gasteiger partial charge in [-0.15, -0.1) is 10.2 Å². The molecule has 1 aromatic carbocycles. The molecule has 27 heavy (non-hydrogen) atoms. The van der Waals surface area contributed by atoms with Crippen molar-refractivity contribution < 1.29 is 14.3 Å². The van der Waals surface area contributed by atoms with Gasteiger partial charge in [-0.25, -0.2) is 0 Å². The molecular weight excluding hydrogens is 364 g/mol. The highest BCUT2D eigenvalue weighted by Crippen LogP contribution is 2.29. The van der Waals surface area contributed by atoms with Gasteiger partial charge in [-0.2, -0.15) is 0 Å². The summed E-state index contributed by atoms with van der Waals surface area (Å²) in [4.78, 5) is 24.9. The lowest BCUT2D eigenvalue weighted by atomic mass is 9.84. The third-order valence-corrected chi connectivity index (χ3v) is 5.58. The van der Waals surface area contributed by atoms with Gasteiger partial charge < -0.3 is 10.1 Å². The smallest absolute Gasteiger partial charge is 0.249 e. The molecule has 1 aliphatic rings. The summed E-state index contributed by atoms with van der Waals surface area (Å²) in [5.41, 5.74) is 0.867. The van der Waals surface area contributed by atoms with E-state index in [0.29, 0.717) is 10.1 Å². The SMILES string of the molecule is COc1cccc(-c2nnc(NC(=O)C(NC(=O)C3CCC3)C(C)C)s2)c1. The van der Waals surface area contributed by atoms with E-state index in [2.05, 4.69) is 20.8 Å². The van der Waals surface area contributed by atoms with Crippen LogP contribution in [0.4, 0.5) is 5.13 Å². The summed E-state index contributed by atoms with van der Waals surface area (Å²) < 4.78 is 5.22. The minimum Gasteiger partial charge on any atom is -0.497 e. The maximum absolute atomic E-state index is 12.7. The Hall–Kier alpha value is -2.48. The van der Waals surface area contributed by atoms with Crippen LogP contribution in [0.25, 0.3) is 10.6 Å². The normalized spacial score (nSPS) is 15.1. The van der Waals surface area contributed by atoms with Crippen molar-refractivity contribution in [1.82, 2.24) is 15.5 Å². The Morgan fingerprint density at radius 3 is 2.67 bits per heavy atom. The van der Waals surface area contributed by atoms with E-state index in [4.69, 9.17) is 4.74 Å².